The van der Waals surface area contributed by atoms with E-state index >= 15 is 0 Å². The lowest BCUT2D eigenvalue weighted by Gasteiger charge is -2.53. The number of ether oxygens (including phenoxy) is 2. The van der Waals surface area contributed by atoms with Crippen LogP contribution in [-0.2, 0) is 31.6 Å². The Morgan fingerprint density at radius 2 is 1.74 bits per heavy atom. The minimum atomic E-state index is -1.14. The lowest BCUT2D eigenvalue weighted by Crippen LogP contribution is -2.58. The highest BCUT2D eigenvalue weighted by atomic mass is 16.5. The first-order valence-electron chi connectivity index (χ1n) is 14.5. The number of esters is 1. The van der Waals surface area contributed by atoms with Gasteiger partial charge in [0.05, 0.1) is 7.11 Å². The third-order valence-electron chi connectivity index (χ3n) is 10.7. The average Bonchev–Trinajstić information content (AvgIpc) is 2.91. The Hall–Kier alpha value is -2.62. The van der Waals surface area contributed by atoms with E-state index in [9.17, 15) is 9.59 Å². The van der Waals surface area contributed by atoms with Crippen LogP contribution in [0.5, 0.6) is 5.75 Å². The van der Waals surface area contributed by atoms with Crippen LogP contribution in [0.4, 0.5) is 0 Å². The van der Waals surface area contributed by atoms with Gasteiger partial charge in [0.1, 0.15) is 23.1 Å². The van der Waals surface area contributed by atoms with Crippen LogP contribution in [0.25, 0.3) is 0 Å². The van der Waals surface area contributed by atoms with Crippen molar-refractivity contribution < 1.29 is 19.1 Å². The first-order valence-corrected chi connectivity index (χ1v) is 14.5. The molecule has 3 aliphatic rings. The fraction of sp³-hybridized carbons (Fsp3) is 0.588. The Labute approximate surface area is 228 Å². The minimum Gasteiger partial charge on any atom is -0.497 e. The maximum absolute atomic E-state index is 14.3. The molecule has 0 bridgehead atoms. The van der Waals surface area contributed by atoms with E-state index in [-0.39, 0.29) is 40.5 Å². The predicted molar refractivity (Wildman–Crippen MR) is 150 cm³/mol. The highest BCUT2D eigenvalue weighted by Gasteiger charge is 2.61. The van der Waals surface area contributed by atoms with Gasteiger partial charge in [-0.05, 0) is 90.5 Å². The number of aryl methyl sites for hydroxylation is 1. The molecule has 204 valence electrons. The average molecular weight is 517 g/mol. The molecule has 0 aromatic heterocycles. The molecule has 0 amide bonds. The van der Waals surface area contributed by atoms with E-state index in [1.165, 1.54) is 16.7 Å². The number of ketones is 1. The van der Waals surface area contributed by atoms with Crippen molar-refractivity contribution in [3.63, 3.8) is 0 Å². The molecule has 4 nitrogen and oxygen atoms in total. The predicted octanol–water partition coefficient (Wildman–Crippen LogP) is 7.21. The highest BCUT2D eigenvalue weighted by molar-refractivity contribution is 6.05. The molecule has 0 aliphatic heterocycles. The summed E-state index contributed by atoms with van der Waals surface area (Å²) in [5.41, 5.74) is 2.25. The van der Waals surface area contributed by atoms with Crippen molar-refractivity contribution in [1.82, 2.24) is 0 Å². The van der Waals surface area contributed by atoms with Crippen LogP contribution in [0.1, 0.15) is 89.8 Å². The molecule has 6 atom stereocenters. The number of methoxy groups -OCH3 is 1. The van der Waals surface area contributed by atoms with E-state index in [4.69, 9.17) is 9.47 Å². The lowest BCUT2D eigenvalue weighted by atomic mass is 9.49. The quantitative estimate of drug-likeness (QED) is 0.311. The molecule has 0 unspecified atom stereocenters. The largest absolute Gasteiger partial charge is 0.497 e. The molecule has 2 aromatic rings. The summed E-state index contributed by atoms with van der Waals surface area (Å²) in [6.07, 6.45) is 5.62. The van der Waals surface area contributed by atoms with E-state index in [1.54, 1.807) is 7.11 Å². The SMILES string of the molecule is COc1ccc2c(c1)[C@@]1(C)CCC(=O)[C@](C)(C(=O)O[C@@H]3C[C@H](C)CC[C@H]3C(C)(C)c3ccccc3)[C@@H]1CC2. The van der Waals surface area contributed by atoms with Gasteiger partial charge in [0.25, 0.3) is 0 Å². The second-order valence-electron chi connectivity index (χ2n) is 13.2. The standard InChI is InChI=1S/C34H44O4/c1-22-12-16-26(32(2,3)24-10-8-7-9-11-24)28(20-22)38-31(36)34(5)29-17-14-23-13-15-25(37-6)21-27(23)33(29,4)19-18-30(34)35/h7-11,13,15,21-22,26,28-29H,12,14,16-20H2,1-6H3/t22-,26-,28-,29-,33-,34-/m1/s1. The van der Waals surface area contributed by atoms with E-state index in [0.717, 1.165) is 44.3 Å². The van der Waals surface area contributed by atoms with E-state index in [0.29, 0.717) is 12.3 Å². The van der Waals surface area contributed by atoms with Gasteiger partial charge in [-0.3, -0.25) is 9.59 Å². The Bertz CT molecular complexity index is 1200. The van der Waals surface area contributed by atoms with Crippen molar-refractivity contribution in [1.29, 1.82) is 0 Å². The number of Topliss-reactive ketones (excluding diaryl/α,β-unsaturated/α-hetero) is 1. The van der Waals surface area contributed by atoms with Gasteiger partial charge < -0.3 is 9.47 Å². The summed E-state index contributed by atoms with van der Waals surface area (Å²) in [6, 6.07) is 16.9. The normalized spacial score (nSPS) is 33.2. The molecule has 5 rings (SSSR count). The summed E-state index contributed by atoms with van der Waals surface area (Å²) in [7, 11) is 1.69. The maximum Gasteiger partial charge on any atom is 0.319 e. The first-order chi connectivity index (χ1) is 18.0. The molecular weight excluding hydrogens is 472 g/mol. The Morgan fingerprint density at radius 3 is 2.45 bits per heavy atom. The number of carbonyl (C=O) groups excluding carboxylic acids is 2. The molecule has 0 radical (unpaired) electrons. The van der Waals surface area contributed by atoms with Crippen molar-refractivity contribution >= 4 is 11.8 Å². The maximum atomic E-state index is 14.3. The van der Waals surface area contributed by atoms with Crippen LogP contribution in [0.3, 0.4) is 0 Å². The third kappa shape index (κ3) is 4.28. The van der Waals surface area contributed by atoms with Crippen LogP contribution in [0.15, 0.2) is 48.5 Å². The van der Waals surface area contributed by atoms with Crippen LogP contribution in [0, 0.1) is 23.2 Å². The number of hydrogen-bond donors (Lipinski definition) is 0. The fourth-order valence-corrected chi connectivity index (χ4v) is 8.18. The molecule has 2 saturated carbocycles. The second-order valence-corrected chi connectivity index (χ2v) is 13.2. The molecule has 2 aromatic carbocycles. The van der Waals surface area contributed by atoms with Crippen molar-refractivity contribution in [3.8, 4) is 5.75 Å². The zero-order valence-electron chi connectivity index (χ0n) is 24.0. The van der Waals surface area contributed by atoms with E-state index in [2.05, 4.69) is 64.1 Å². The fourth-order valence-electron chi connectivity index (χ4n) is 8.18. The monoisotopic (exact) mass is 516 g/mol. The van der Waals surface area contributed by atoms with Gasteiger partial charge in [0.15, 0.2) is 0 Å². The zero-order valence-corrected chi connectivity index (χ0v) is 24.0. The van der Waals surface area contributed by atoms with Crippen molar-refractivity contribution in [3.05, 3.63) is 65.2 Å². The Kier molecular flexibility index (Phi) is 6.99. The Balaban J connectivity index is 1.47. The molecular formula is C34H44O4. The van der Waals surface area contributed by atoms with Crippen LogP contribution < -0.4 is 4.74 Å². The molecule has 0 heterocycles. The third-order valence-corrected chi connectivity index (χ3v) is 10.7. The summed E-state index contributed by atoms with van der Waals surface area (Å²) in [6.45, 7) is 10.9. The van der Waals surface area contributed by atoms with Gasteiger partial charge in [0.2, 0.25) is 0 Å². The number of carbonyl (C=O) groups is 2. The van der Waals surface area contributed by atoms with Crippen LogP contribution in [-0.4, -0.2) is 25.0 Å². The Morgan fingerprint density at radius 1 is 1.00 bits per heavy atom. The smallest absolute Gasteiger partial charge is 0.319 e. The van der Waals surface area contributed by atoms with Gasteiger partial charge in [0, 0.05) is 12.3 Å². The summed E-state index contributed by atoms with van der Waals surface area (Å²) in [5.74, 6) is 1.16. The number of rotatable bonds is 5. The van der Waals surface area contributed by atoms with E-state index < -0.39 is 5.41 Å². The van der Waals surface area contributed by atoms with Gasteiger partial charge in [-0.25, -0.2) is 0 Å². The number of hydrogen-bond acceptors (Lipinski definition) is 4. The lowest BCUT2D eigenvalue weighted by molar-refractivity contribution is -0.179. The number of benzene rings is 2. The van der Waals surface area contributed by atoms with Crippen molar-refractivity contribution in [2.45, 2.75) is 96.5 Å². The molecule has 2 fully saturated rings. The summed E-state index contributed by atoms with van der Waals surface area (Å²) in [5, 5.41) is 0. The van der Waals surface area contributed by atoms with Gasteiger partial charge in [-0.15, -0.1) is 0 Å². The summed E-state index contributed by atoms with van der Waals surface area (Å²) >= 11 is 0. The van der Waals surface area contributed by atoms with Gasteiger partial charge >= 0.3 is 5.97 Å². The molecule has 0 saturated heterocycles. The molecule has 4 heteroatoms. The topological polar surface area (TPSA) is 52.6 Å². The molecule has 3 aliphatic carbocycles. The molecule has 38 heavy (non-hydrogen) atoms. The molecule has 0 N–H and O–H groups in total. The van der Waals surface area contributed by atoms with Crippen LogP contribution >= 0.6 is 0 Å². The second kappa shape index (κ2) is 9.84. The van der Waals surface area contributed by atoms with Crippen molar-refractivity contribution in [2.75, 3.05) is 7.11 Å². The van der Waals surface area contributed by atoms with Gasteiger partial charge in [-0.1, -0.05) is 70.5 Å². The first kappa shape index (κ1) is 27.0. The van der Waals surface area contributed by atoms with Crippen molar-refractivity contribution in [2.24, 2.45) is 23.2 Å². The van der Waals surface area contributed by atoms with E-state index in [1.807, 2.05) is 19.1 Å². The summed E-state index contributed by atoms with van der Waals surface area (Å²) < 4.78 is 12.1. The molecule has 0 spiro atoms. The van der Waals surface area contributed by atoms with Crippen LogP contribution in [0.2, 0.25) is 0 Å². The zero-order chi connectivity index (χ0) is 27.3. The minimum absolute atomic E-state index is 0.0408. The highest BCUT2D eigenvalue weighted by Crippen LogP contribution is 2.57. The number of fused-ring (bicyclic) bond motifs is 3. The van der Waals surface area contributed by atoms with Gasteiger partial charge in [-0.2, -0.15) is 0 Å². The summed E-state index contributed by atoms with van der Waals surface area (Å²) in [4.78, 5) is 27.9.